The molecule has 4 unspecified atom stereocenters. The van der Waals surface area contributed by atoms with E-state index in [2.05, 4.69) is 28.5 Å². The first-order chi connectivity index (χ1) is 12.4. The fourth-order valence-corrected chi connectivity index (χ4v) is 4.69. The Labute approximate surface area is 176 Å². The first kappa shape index (κ1) is 19.9. The topological polar surface area (TPSA) is 87.8 Å². The molecule has 144 valence electrons. The number of allylic oxidation sites excluding steroid dienone is 2. The number of likely N-dealkylation sites (tertiary alicyclic amines) is 1. The van der Waals surface area contributed by atoms with Gasteiger partial charge in [0.15, 0.2) is 5.96 Å². The zero-order valence-electron chi connectivity index (χ0n) is 15.5. The van der Waals surface area contributed by atoms with Gasteiger partial charge in [0.2, 0.25) is 11.8 Å². The number of amides is 2. The number of hydrogen-bond donors (Lipinski definition) is 2. The monoisotopic (exact) mass is 480 g/mol. The fraction of sp³-hybridized carbons (Fsp3) is 0.450. The van der Waals surface area contributed by atoms with Gasteiger partial charge in [0.05, 0.1) is 18.4 Å². The summed E-state index contributed by atoms with van der Waals surface area (Å²) in [5, 5.41) is 3.06. The Morgan fingerprint density at radius 2 is 1.67 bits per heavy atom. The number of carbonyl (C=O) groups excluding carboxylic acids is 2. The number of aliphatic imine (C=N–C) groups is 1. The predicted molar refractivity (Wildman–Crippen MR) is 116 cm³/mol. The number of anilines is 1. The molecular formula is C20H25IN4O2. The molecule has 1 aromatic rings. The third kappa shape index (κ3) is 3.61. The van der Waals surface area contributed by atoms with E-state index in [1.807, 2.05) is 26.0 Å². The molecule has 1 saturated carbocycles. The molecule has 2 amide bonds. The number of benzene rings is 1. The summed E-state index contributed by atoms with van der Waals surface area (Å²) < 4.78 is 0. The van der Waals surface area contributed by atoms with Crippen molar-refractivity contribution in [3.63, 3.8) is 0 Å². The van der Waals surface area contributed by atoms with Crippen LogP contribution in [0.1, 0.15) is 17.5 Å². The van der Waals surface area contributed by atoms with Gasteiger partial charge in [0.1, 0.15) is 0 Å². The summed E-state index contributed by atoms with van der Waals surface area (Å²) in [6.45, 7) is 4.65. The van der Waals surface area contributed by atoms with Crippen molar-refractivity contribution in [2.24, 2.45) is 34.4 Å². The summed E-state index contributed by atoms with van der Waals surface area (Å²) in [6, 6.07) is 6.07. The van der Waals surface area contributed by atoms with Crippen LogP contribution in [-0.4, -0.2) is 35.8 Å². The van der Waals surface area contributed by atoms with Crippen LogP contribution < -0.4 is 11.1 Å². The highest BCUT2D eigenvalue weighted by Gasteiger charge is 2.58. The Hall–Kier alpha value is -1.90. The molecular weight excluding hydrogens is 455 g/mol. The van der Waals surface area contributed by atoms with Crippen LogP contribution in [0.4, 0.5) is 5.69 Å². The number of nitrogens with one attached hydrogen (secondary N) is 1. The summed E-state index contributed by atoms with van der Waals surface area (Å²) in [5.74, 6) is 0.411. The van der Waals surface area contributed by atoms with E-state index in [-0.39, 0.29) is 65.4 Å². The van der Waals surface area contributed by atoms with Crippen molar-refractivity contribution in [3.05, 3.63) is 41.5 Å². The summed E-state index contributed by atoms with van der Waals surface area (Å²) in [5.41, 5.74) is 9.11. The molecule has 0 spiro atoms. The second kappa shape index (κ2) is 7.61. The van der Waals surface area contributed by atoms with Crippen molar-refractivity contribution in [2.45, 2.75) is 20.3 Å². The van der Waals surface area contributed by atoms with Crippen LogP contribution in [0.2, 0.25) is 0 Å². The summed E-state index contributed by atoms with van der Waals surface area (Å²) >= 11 is 0. The molecule has 4 rings (SSSR count). The number of nitrogens with two attached hydrogens (primary N) is 1. The van der Waals surface area contributed by atoms with Crippen LogP contribution in [-0.2, 0) is 9.59 Å². The van der Waals surface area contributed by atoms with E-state index in [1.54, 1.807) is 0 Å². The number of rotatable bonds is 4. The van der Waals surface area contributed by atoms with E-state index < -0.39 is 0 Å². The molecule has 2 bridgehead atoms. The molecule has 4 atom stereocenters. The SMILES string of the molecule is Cc1cc(C)cc(NC(N)=NCCN2C(=O)C3C4C=CC(C4)C3C2=O)c1.I. The van der Waals surface area contributed by atoms with E-state index in [0.29, 0.717) is 13.1 Å². The van der Waals surface area contributed by atoms with E-state index >= 15 is 0 Å². The predicted octanol–water partition coefficient (Wildman–Crippen LogP) is 2.46. The molecule has 3 N–H and O–H groups in total. The Morgan fingerprint density at radius 1 is 1.11 bits per heavy atom. The number of nitrogens with zero attached hydrogens (tertiary/aromatic N) is 2. The second-order valence-corrected chi connectivity index (χ2v) is 7.60. The van der Waals surface area contributed by atoms with Gasteiger partial charge in [-0.1, -0.05) is 18.2 Å². The first-order valence-corrected chi connectivity index (χ1v) is 9.13. The minimum atomic E-state index is -0.146. The van der Waals surface area contributed by atoms with Gasteiger partial charge in [-0.3, -0.25) is 19.5 Å². The number of guanidine groups is 1. The van der Waals surface area contributed by atoms with Crippen LogP contribution in [0.15, 0.2) is 35.3 Å². The molecule has 2 aliphatic carbocycles. The third-order valence-corrected chi connectivity index (χ3v) is 5.66. The zero-order valence-corrected chi connectivity index (χ0v) is 17.8. The van der Waals surface area contributed by atoms with E-state index in [4.69, 9.17) is 5.73 Å². The number of aryl methyl sites for hydroxylation is 2. The second-order valence-electron chi connectivity index (χ2n) is 7.60. The summed E-state index contributed by atoms with van der Waals surface area (Å²) in [4.78, 5) is 30.9. The number of fused-ring (bicyclic) bond motifs is 5. The lowest BCUT2D eigenvalue weighted by Crippen LogP contribution is -2.35. The van der Waals surface area contributed by atoms with Crippen molar-refractivity contribution in [3.8, 4) is 0 Å². The van der Waals surface area contributed by atoms with Crippen molar-refractivity contribution in [1.82, 2.24) is 4.90 Å². The number of hydrogen-bond acceptors (Lipinski definition) is 3. The van der Waals surface area contributed by atoms with Crippen molar-refractivity contribution < 1.29 is 9.59 Å². The third-order valence-electron chi connectivity index (χ3n) is 5.66. The van der Waals surface area contributed by atoms with Gasteiger partial charge in [0, 0.05) is 12.2 Å². The maximum absolute atomic E-state index is 12.6. The number of imide groups is 1. The van der Waals surface area contributed by atoms with Gasteiger partial charge >= 0.3 is 0 Å². The van der Waals surface area contributed by atoms with Crippen LogP contribution in [0.5, 0.6) is 0 Å². The molecule has 6 nitrogen and oxygen atoms in total. The average molecular weight is 480 g/mol. The quantitative estimate of drug-likeness (QED) is 0.228. The van der Waals surface area contributed by atoms with Crippen LogP contribution in [0, 0.1) is 37.5 Å². The van der Waals surface area contributed by atoms with Crippen LogP contribution >= 0.6 is 24.0 Å². The minimum Gasteiger partial charge on any atom is -0.370 e. The van der Waals surface area contributed by atoms with Gasteiger partial charge in [-0.05, 0) is 55.4 Å². The molecule has 1 saturated heterocycles. The molecule has 0 aromatic heterocycles. The van der Waals surface area contributed by atoms with E-state index in [0.717, 1.165) is 23.2 Å². The van der Waals surface area contributed by atoms with Gasteiger partial charge in [0.25, 0.3) is 0 Å². The summed E-state index contributed by atoms with van der Waals surface area (Å²) in [6.07, 6.45) is 5.15. The van der Waals surface area contributed by atoms with E-state index in [9.17, 15) is 9.59 Å². The van der Waals surface area contributed by atoms with Gasteiger partial charge in [-0.15, -0.1) is 24.0 Å². The normalized spacial score (nSPS) is 28.5. The molecule has 3 aliphatic rings. The summed E-state index contributed by atoms with van der Waals surface area (Å²) in [7, 11) is 0. The Morgan fingerprint density at radius 3 is 2.22 bits per heavy atom. The maximum Gasteiger partial charge on any atom is 0.233 e. The molecule has 1 aliphatic heterocycles. The lowest BCUT2D eigenvalue weighted by atomic mass is 9.85. The Bertz CT molecular complexity index is 785. The molecule has 2 fully saturated rings. The molecule has 1 heterocycles. The van der Waals surface area contributed by atoms with Crippen LogP contribution in [0.3, 0.4) is 0 Å². The van der Waals surface area contributed by atoms with Crippen molar-refractivity contribution in [2.75, 3.05) is 18.4 Å². The largest absolute Gasteiger partial charge is 0.370 e. The minimum absolute atomic E-state index is 0. The molecule has 1 aromatic carbocycles. The highest BCUT2D eigenvalue weighted by Crippen LogP contribution is 2.52. The number of halogens is 1. The average Bonchev–Trinajstić information content (AvgIpc) is 3.23. The Balaban J connectivity index is 0.00000210. The lowest BCUT2D eigenvalue weighted by Gasteiger charge is -2.16. The Kier molecular flexibility index (Phi) is 5.60. The van der Waals surface area contributed by atoms with Crippen molar-refractivity contribution >= 4 is 47.4 Å². The lowest BCUT2D eigenvalue weighted by molar-refractivity contribution is -0.140. The van der Waals surface area contributed by atoms with Gasteiger partial charge < -0.3 is 11.1 Å². The number of carbonyl (C=O) groups is 2. The zero-order chi connectivity index (χ0) is 18.4. The molecule has 0 radical (unpaired) electrons. The highest BCUT2D eigenvalue weighted by atomic mass is 127. The van der Waals surface area contributed by atoms with Crippen molar-refractivity contribution in [1.29, 1.82) is 0 Å². The van der Waals surface area contributed by atoms with Gasteiger partial charge in [-0.2, -0.15) is 0 Å². The molecule has 7 heteroatoms. The fourth-order valence-electron chi connectivity index (χ4n) is 4.69. The maximum atomic E-state index is 12.6. The first-order valence-electron chi connectivity index (χ1n) is 9.13. The smallest absolute Gasteiger partial charge is 0.233 e. The standard InChI is InChI=1S/C20H24N4O2.HI/c1-11-7-12(2)9-15(8-11)23-20(21)22-5-6-24-18(25)16-13-3-4-14(10-13)17(16)19(24)26;/h3-4,7-9,13-14,16-17H,5-6,10H2,1-2H3,(H3,21,22,23);1H. The van der Waals surface area contributed by atoms with E-state index in [1.165, 1.54) is 4.90 Å². The highest BCUT2D eigenvalue weighted by molar-refractivity contribution is 14.0. The van der Waals surface area contributed by atoms with Crippen LogP contribution in [0.25, 0.3) is 0 Å². The molecule has 27 heavy (non-hydrogen) atoms. The van der Waals surface area contributed by atoms with Gasteiger partial charge in [-0.25, -0.2) is 0 Å².